The maximum absolute atomic E-state index is 13.2. The molecule has 4 rings (SSSR count). The highest BCUT2D eigenvalue weighted by molar-refractivity contribution is 6.11. The van der Waals surface area contributed by atoms with Crippen molar-refractivity contribution in [1.29, 1.82) is 0 Å². The van der Waals surface area contributed by atoms with E-state index < -0.39 is 11.8 Å². The van der Waals surface area contributed by atoms with Crippen molar-refractivity contribution in [3.8, 4) is 5.75 Å². The summed E-state index contributed by atoms with van der Waals surface area (Å²) in [5.41, 5.74) is 4.17. The second-order valence-electron chi connectivity index (χ2n) is 8.79. The van der Waals surface area contributed by atoms with Crippen molar-refractivity contribution in [2.75, 3.05) is 12.4 Å². The first-order valence-corrected chi connectivity index (χ1v) is 12.3. The molecule has 4 aromatic rings. The van der Waals surface area contributed by atoms with Gasteiger partial charge < -0.3 is 15.4 Å². The molecule has 0 atom stereocenters. The second kappa shape index (κ2) is 12.8. The van der Waals surface area contributed by atoms with Crippen molar-refractivity contribution in [2.45, 2.75) is 6.92 Å². The van der Waals surface area contributed by atoms with E-state index in [-0.39, 0.29) is 11.5 Å². The fourth-order valence-corrected chi connectivity index (χ4v) is 3.77. The summed E-state index contributed by atoms with van der Waals surface area (Å²) in [4.78, 5) is 38.6. The minimum absolute atomic E-state index is 0.0945. The molecule has 6 nitrogen and oxygen atoms in total. The molecular weight excluding hydrogens is 488 g/mol. The van der Waals surface area contributed by atoms with Gasteiger partial charge in [-0.1, -0.05) is 66.2 Å². The van der Waals surface area contributed by atoms with Crippen LogP contribution in [0.1, 0.15) is 37.4 Å². The smallest absolute Gasteiger partial charge is 0.272 e. The number of anilines is 1. The van der Waals surface area contributed by atoms with Crippen LogP contribution in [0.2, 0.25) is 0 Å². The van der Waals surface area contributed by atoms with Crippen molar-refractivity contribution < 1.29 is 19.1 Å². The fraction of sp³-hybridized carbons (Fsp3) is 0.0606. The number of nitrogens with one attached hydrogen (secondary N) is 2. The van der Waals surface area contributed by atoms with Crippen LogP contribution < -0.4 is 15.4 Å². The molecule has 4 aromatic carbocycles. The summed E-state index contributed by atoms with van der Waals surface area (Å²) >= 11 is 0. The van der Waals surface area contributed by atoms with Gasteiger partial charge in [-0.25, -0.2) is 0 Å². The lowest BCUT2D eigenvalue weighted by Crippen LogP contribution is -2.30. The molecule has 0 radical (unpaired) electrons. The quantitative estimate of drug-likeness (QED) is 0.202. The fourth-order valence-electron chi connectivity index (χ4n) is 3.77. The standard InChI is InChI=1S/C33H28N2O4/c1-23-7-6-8-25(21-23)22-30(35-32(37)27-9-4-3-5-10-27)33(38)34-28-16-14-26(15-17-28)31(36)20-13-24-11-18-29(39-2)19-12-24/h3-22H,1-2H3,(H,34,38)(H,35,37)/b20-13+,30-22-. The van der Waals surface area contributed by atoms with Gasteiger partial charge in [0.1, 0.15) is 11.4 Å². The molecule has 0 unspecified atom stereocenters. The Balaban J connectivity index is 1.47. The molecule has 39 heavy (non-hydrogen) atoms. The van der Waals surface area contributed by atoms with Crippen molar-refractivity contribution in [2.24, 2.45) is 0 Å². The molecule has 0 aliphatic rings. The number of carbonyl (C=O) groups is 3. The number of methoxy groups -OCH3 is 1. The van der Waals surface area contributed by atoms with Gasteiger partial charge in [0.05, 0.1) is 7.11 Å². The van der Waals surface area contributed by atoms with Crippen LogP contribution in [0, 0.1) is 6.92 Å². The Bertz CT molecular complexity index is 1520. The second-order valence-corrected chi connectivity index (χ2v) is 8.79. The Kier molecular flexibility index (Phi) is 8.83. The number of allylic oxidation sites excluding steroid dienone is 1. The lowest BCUT2D eigenvalue weighted by molar-refractivity contribution is -0.113. The first-order chi connectivity index (χ1) is 18.9. The Labute approximate surface area is 227 Å². The van der Waals surface area contributed by atoms with E-state index in [0.717, 1.165) is 22.4 Å². The topological polar surface area (TPSA) is 84.5 Å². The van der Waals surface area contributed by atoms with E-state index in [9.17, 15) is 14.4 Å². The first-order valence-electron chi connectivity index (χ1n) is 12.3. The number of benzene rings is 4. The zero-order valence-corrected chi connectivity index (χ0v) is 21.7. The minimum atomic E-state index is -0.487. The molecule has 0 spiro atoms. The monoisotopic (exact) mass is 516 g/mol. The molecule has 0 aliphatic carbocycles. The minimum Gasteiger partial charge on any atom is -0.497 e. The highest BCUT2D eigenvalue weighted by atomic mass is 16.5. The first kappa shape index (κ1) is 26.8. The van der Waals surface area contributed by atoms with Gasteiger partial charge in [0, 0.05) is 16.8 Å². The van der Waals surface area contributed by atoms with E-state index in [4.69, 9.17) is 4.74 Å². The van der Waals surface area contributed by atoms with E-state index in [0.29, 0.717) is 16.8 Å². The largest absolute Gasteiger partial charge is 0.497 e. The summed E-state index contributed by atoms with van der Waals surface area (Å²) in [6, 6.07) is 30.2. The van der Waals surface area contributed by atoms with E-state index in [1.54, 1.807) is 67.8 Å². The molecular formula is C33H28N2O4. The lowest BCUT2D eigenvalue weighted by Gasteiger charge is -2.12. The predicted octanol–water partition coefficient (Wildman–Crippen LogP) is 6.31. The van der Waals surface area contributed by atoms with Crippen LogP contribution in [0.3, 0.4) is 0 Å². The molecule has 6 heteroatoms. The number of ketones is 1. The number of aryl methyl sites for hydroxylation is 1. The van der Waals surface area contributed by atoms with Crippen LogP contribution in [-0.4, -0.2) is 24.7 Å². The Morgan fingerprint density at radius 2 is 1.46 bits per heavy atom. The summed E-state index contributed by atoms with van der Waals surface area (Å²) in [5.74, 6) is -0.306. The van der Waals surface area contributed by atoms with Crippen LogP contribution in [-0.2, 0) is 4.79 Å². The molecule has 194 valence electrons. The molecule has 0 saturated heterocycles. The molecule has 2 amide bonds. The number of amides is 2. The lowest BCUT2D eigenvalue weighted by atomic mass is 10.1. The Hall–Kier alpha value is -5.23. The normalized spacial score (nSPS) is 11.2. The number of carbonyl (C=O) groups excluding carboxylic acids is 3. The van der Waals surface area contributed by atoms with E-state index >= 15 is 0 Å². The van der Waals surface area contributed by atoms with E-state index in [1.165, 1.54) is 6.08 Å². The zero-order chi connectivity index (χ0) is 27.6. The maximum atomic E-state index is 13.2. The predicted molar refractivity (Wildman–Crippen MR) is 154 cm³/mol. The van der Waals surface area contributed by atoms with Crippen molar-refractivity contribution in [3.05, 3.63) is 143 Å². The Morgan fingerprint density at radius 3 is 2.13 bits per heavy atom. The summed E-state index contributed by atoms with van der Waals surface area (Å²) in [6.07, 6.45) is 4.86. The third kappa shape index (κ3) is 7.63. The number of rotatable bonds is 9. The van der Waals surface area contributed by atoms with Crippen molar-refractivity contribution >= 4 is 35.4 Å². The van der Waals surface area contributed by atoms with Crippen LogP contribution in [0.4, 0.5) is 5.69 Å². The van der Waals surface area contributed by atoms with Crippen LogP contribution in [0.25, 0.3) is 12.2 Å². The van der Waals surface area contributed by atoms with Gasteiger partial charge in [0.25, 0.3) is 11.8 Å². The van der Waals surface area contributed by atoms with Gasteiger partial charge in [-0.05, 0) is 78.7 Å². The average Bonchev–Trinajstić information content (AvgIpc) is 2.96. The van der Waals surface area contributed by atoms with Gasteiger partial charge in [-0.2, -0.15) is 0 Å². The number of hydrogen-bond donors (Lipinski definition) is 2. The van der Waals surface area contributed by atoms with Crippen LogP contribution in [0.5, 0.6) is 5.75 Å². The molecule has 0 aromatic heterocycles. The van der Waals surface area contributed by atoms with E-state index in [2.05, 4.69) is 10.6 Å². The van der Waals surface area contributed by atoms with E-state index in [1.807, 2.05) is 61.5 Å². The zero-order valence-electron chi connectivity index (χ0n) is 21.7. The molecule has 2 N–H and O–H groups in total. The van der Waals surface area contributed by atoms with Gasteiger partial charge >= 0.3 is 0 Å². The number of ether oxygens (including phenoxy) is 1. The van der Waals surface area contributed by atoms with Gasteiger partial charge in [-0.15, -0.1) is 0 Å². The molecule has 0 bridgehead atoms. The highest BCUT2D eigenvalue weighted by Crippen LogP contribution is 2.16. The molecule has 0 aliphatic heterocycles. The SMILES string of the molecule is COc1ccc(/C=C/C(=O)c2ccc(NC(=O)/C(=C/c3cccc(C)c3)NC(=O)c3ccccc3)cc2)cc1. The van der Waals surface area contributed by atoms with Crippen molar-refractivity contribution in [3.63, 3.8) is 0 Å². The Morgan fingerprint density at radius 1 is 0.744 bits per heavy atom. The average molecular weight is 517 g/mol. The third-order valence-corrected chi connectivity index (χ3v) is 5.85. The maximum Gasteiger partial charge on any atom is 0.272 e. The van der Waals surface area contributed by atoms with Crippen LogP contribution >= 0.6 is 0 Å². The summed E-state index contributed by atoms with van der Waals surface area (Å²) in [6.45, 7) is 1.95. The van der Waals surface area contributed by atoms with Gasteiger partial charge in [0.15, 0.2) is 5.78 Å². The molecule has 0 heterocycles. The molecule has 0 saturated carbocycles. The van der Waals surface area contributed by atoms with Crippen molar-refractivity contribution in [1.82, 2.24) is 5.32 Å². The highest BCUT2D eigenvalue weighted by Gasteiger charge is 2.15. The van der Waals surface area contributed by atoms with Crippen LogP contribution in [0.15, 0.2) is 115 Å². The summed E-state index contributed by atoms with van der Waals surface area (Å²) in [7, 11) is 1.60. The van der Waals surface area contributed by atoms with Gasteiger partial charge in [-0.3, -0.25) is 14.4 Å². The number of hydrogen-bond acceptors (Lipinski definition) is 4. The molecule has 0 fully saturated rings. The third-order valence-electron chi connectivity index (χ3n) is 5.85. The van der Waals surface area contributed by atoms with Gasteiger partial charge in [0.2, 0.25) is 0 Å². The summed E-state index contributed by atoms with van der Waals surface area (Å²) in [5, 5.41) is 5.53. The summed E-state index contributed by atoms with van der Waals surface area (Å²) < 4.78 is 5.15.